The van der Waals surface area contributed by atoms with Crippen LogP contribution in [-0.2, 0) is 7.05 Å². The molecule has 3 aromatic rings. The molecule has 0 aliphatic carbocycles. The monoisotopic (exact) mass is 308 g/mol. The van der Waals surface area contributed by atoms with Crippen molar-refractivity contribution in [2.45, 2.75) is 6.92 Å². The number of halogens is 1. The van der Waals surface area contributed by atoms with Crippen molar-refractivity contribution in [1.29, 1.82) is 0 Å². The zero-order valence-electron chi connectivity index (χ0n) is 9.67. The van der Waals surface area contributed by atoms with Crippen LogP contribution < -0.4 is 11.2 Å². The Labute approximate surface area is 109 Å². The first kappa shape index (κ1) is 11.2. The molecule has 0 saturated heterocycles. The number of aromatic nitrogens is 4. The first-order valence-electron chi connectivity index (χ1n) is 5.26. The third-order valence-electron chi connectivity index (χ3n) is 2.95. The lowest BCUT2D eigenvalue weighted by molar-refractivity contribution is 0.779. The van der Waals surface area contributed by atoms with Crippen molar-refractivity contribution in [1.82, 2.24) is 19.7 Å². The zero-order valence-corrected chi connectivity index (χ0v) is 11.3. The van der Waals surface area contributed by atoms with Crippen molar-refractivity contribution in [2.75, 3.05) is 0 Å². The molecule has 6 nitrogen and oxygen atoms in total. The maximum atomic E-state index is 12.0. The van der Waals surface area contributed by atoms with E-state index in [9.17, 15) is 9.59 Å². The lowest BCUT2D eigenvalue weighted by Gasteiger charge is -2.04. The van der Waals surface area contributed by atoms with Crippen LogP contribution in [0.25, 0.3) is 21.8 Å². The fourth-order valence-corrected chi connectivity index (χ4v) is 2.64. The molecule has 0 spiro atoms. The summed E-state index contributed by atoms with van der Waals surface area (Å²) in [5.74, 6) is 0. The molecule has 1 aromatic carbocycles. The van der Waals surface area contributed by atoms with Crippen LogP contribution in [0.2, 0.25) is 0 Å². The Hall–Kier alpha value is -1.89. The Balaban J connectivity index is 2.78. The predicted molar refractivity (Wildman–Crippen MR) is 71.9 cm³/mol. The molecule has 0 aliphatic rings. The number of fused-ring (bicyclic) bond motifs is 3. The van der Waals surface area contributed by atoms with E-state index in [1.165, 1.54) is 0 Å². The summed E-state index contributed by atoms with van der Waals surface area (Å²) in [7, 11) is 1.79. The number of hydrogen-bond acceptors (Lipinski definition) is 3. The summed E-state index contributed by atoms with van der Waals surface area (Å²) in [4.78, 5) is 28.2. The fourth-order valence-electron chi connectivity index (χ4n) is 2.15. The largest absolute Gasteiger partial charge is 0.326 e. The SMILES string of the molecule is Cc1c(Br)c2nn(C)cc2c2c(=O)[nH]c(=O)[nH]c12. The first-order chi connectivity index (χ1) is 8.49. The van der Waals surface area contributed by atoms with Crippen LogP contribution in [0, 0.1) is 6.92 Å². The van der Waals surface area contributed by atoms with Crippen molar-refractivity contribution in [3.05, 3.63) is 37.1 Å². The van der Waals surface area contributed by atoms with Gasteiger partial charge >= 0.3 is 5.69 Å². The average molecular weight is 309 g/mol. The van der Waals surface area contributed by atoms with E-state index >= 15 is 0 Å². The van der Waals surface area contributed by atoms with E-state index in [2.05, 4.69) is 31.0 Å². The van der Waals surface area contributed by atoms with Crippen molar-refractivity contribution >= 4 is 37.7 Å². The zero-order chi connectivity index (χ0) is 13.0. The molecule has 0 aliphatic heterocycles. The Bertz CT molecular complexity index is 903. The van der Waals surface area contributed by atoms with Crippen molar-refractivity contribution in [3.8, 4) is 0 Å². The molecule has 0 saturated carbocycles. The van der Waals surface area contributed by atoms with Crippen molar-refractivity contribution < 1.29 is 0 Å². The number of aromatic amines is 2. The maximum Gasteiger partial charge on any atom is 0.326 e. The van der Waals surface area contributed by atoms with Crippen LogP contribution in [0.4, 0.5) is 0 Å². The highest BCUT2D eigenvalue weighted by atomic mass is 79.9. The van der Waals surface area contributed by atoms with Gasteiger partial charge in [0.05, 0.1) is 15.4 Å². The predicted octanol–water partition coefficient (Wildman–Crippen LogP) is 1.17. The van der Waals surface area contributed by atoms with E-state index in [1.807, 2.05) is 6.92 Å². The van der Waals surface area contributed by atoms with Gasteiger partial charge in [0.2, 0.25) is 0 Å². The number of hydrogen-bond donors (Lipinski definition) is 2. The molecule has 2 heterocycles. The number of nitrogens with one attached hydrogen (secondary N) is 2. The molecule has 92 valence electrons. The summed E-state index contributed by atoms with van der Waals surface area (Å²) >= 11 is 3.45. The lowest BCUT2D eigenvalue weighted by Crippen LogP contribution is -2.22. The van der Waals surface area contributed by atoms with Gasteiger partial charge in [-0.3, -0.25) is 14.5 Å². The molecule has 0 atom stereocenters. The van der Waals surface area contributed by atoms with Gasteiger partial charge in [-0.15, -0.1) is 0 Å². The normalized spacial score (nSPS) is 11.5. The molecule has 0 bridgehead atoms. The molecule has 7 heteroatoms. The smallest absolute Gasteiger partial charge is 0.307 e. The molecule has 2 aromatic heterocycles. The summed E-state index contributed by atoms with van der Waals surface area (Å²) in [5, 5.41) is 5.48. The standard InChI is InChI=1S/C11H9BrN4O2/c1-4-7(12)9-5(3-16(2)15-9)6-8(4)13-11(18)14-10(6)17/h3H,1-2H3,(H2,13,14,17,18). The van der Waals surface area contributed by atoms with Crippen LogP contribution >= 0.6 is 15.9 Å². The van der Waals surface area contributed by atoms with Gasteiger partial charge < -0.3 is 4.98 Å². The van der Waals surface area contributed by atoms with Gasteiger partial charge in [-0.05, 0) is 28.4 Å². The molecule has 0 radical (unpaired) electrons. The Morgan fingerprint density at radius 2 is 2.06 bits per heavy atom. The van der Waals surface area contributed by atoms with E-state index in [0.717, 1.165) is 10.0 Å². The second-order valence-electron chi connectivity index (χ2n) is 4.16. The lowest BCUT2D eigenvalue weighted by atomic mass is 10.1. The van der Waals surface area contributed by atoms with Gasteiger partial charge in [-0.1, -0.05) is 0 Å². The highest BCUT2D eigenvalue weighted by Crippen LogP contribution is 2.31. The van der Waals surface area contributed by atoms with Crippen LogP contribution in [-0.4, -0.2) is 19.7 Å². The van der Waals surface area contributed by atoms with Crippen molar-refractivity contribution in [2.24, 2.45) is 7.05 Å². The number of aryl methyl sites for hydroxylation is 2. The van der Waals surface area contributed by atoms with Gasteiger partial charge in [0.1, 0.15) is 5.52 Å². The number of rotatable bonds is 0. The average Bonchev–Trinajstić information content (AvgIpc) is 2.67. The molecule has 3 rings (SSSR count). The molecule has 0 amide bonds. The summed E-state index contributed by atoms with van der Waals surface area (Å²) in [5.41, 5.74) is 1.13. The third-order valence-corrected chi connectivity index (χ3v) is 3.92. The minimum atomic E-state index is -0.509. The molecule has 18 heavy (non-hydrogen) atoms. The van der Waals surface area contributed by atoms with Gasteiger partial charge in [-0.25, -0.2) is 4.79 Å². The molecule has 0 unspecified atom stereocenters. The van der Waals surface area contributed by atoms with E-state index in [4.69, 9.17) is 0 Å². The maximum absolute atomic E-state index is 12.0. The van der Waals surface area contributed by atoms with E-state index in [0.29, 0.717) is 21.8 Å². The van der Waals surface area contributed by atoms with Crippen LogP contribution in [0.5, 0.6) is 0 Å². The molecular formula is C11H9BrN4O2. The molecule has 0 fully saturated rings. The van der Waals surface area contributed by atoms with E-state index in [-0.39, 0.29) is 0 Å². The van der Waals surface area contributed by atoms with Crippen molar-refractivity contribution in [3.63, 3.8) is 0 Å². The van der Waals surface area contributed by atoms with E-state index < -0.39 is 11.2 Å². The topological polar surface area (TPSA) is 83.5 Å². The van der Waals surface area contributed by atoms with Crippen LogP contribution in [0.3, 0.4) is 0 Å². The number of nitrogens with zero attached hydrogens (tertiary/aromatic N) is 2. The molecule has 2 N–H and O–H groups in total. The quantitative estimate of drug-likeness (QED) is 0.654. The fraction of sp³-hybridized carbons (Fsp3) is 0.182. The highest BCUT2D eigenvalue weighted by molar-refractivity contribution is 9.10. The number of benzene rings is 1. The van der Waals surface area contributed by atoms with Crippen LogP contribution in [0.15, 0.2) is 20.3 Å². The van der Waals surface area contributed by atoms with E-state index in [1.54, 1.807) is 17.9 Å². The number of H-pyrrole nitrogens is 2. The first-order valence-corrected chi connectivity index (χ1v) is 6.06. The summed E-state index contributed by atoms with van der Waals surface area (Å²) in [6.45, 7) is 1.83. The summed E-state index contributed by atoms with van der Waals surface area (Å²) in [6.07, 6.45) is 1.76. The third kappa shape index (κ3) is 1.37. The second-order valence-corrected chi connectivity index (χ2v) is 4.96. The second kappa shape index (κ2) is 3.55. The van der Waals surface area contributed by atoms with Gasteiger partial charge in [0.15, 0.2) is 0 Å². The Morgan fingerprint density at radius 1 is 1.33 bits per heavy atom. The Morgan fingerprint density at radius 3 is 2.78 bits per heavy atom. The summed E-state index contributed by atoms with van der Waals surface area (Å²) in [6, 6.07) is 0. The van der Waals surface area contributed by atoms with Gasteiger partial charge in [-0.2, -0.15) is 5.10 Å². The molecular weight excluding hydrogens is 300 g/mol. The van der Waals surface area contributed by atoms with Gasteiger partial charge in [0, 0.05) is 18.6 Å². The van der Waals surface area contributed by atoms with Crippen LogP contribution in [0.1, 0.15) is 5.56 Å². The minimum absolute atomic E-state index is 0.401. The minimum Gasteiger partial charge on any atom is -0.307 e. The highest BCUT2D eigenvalue weighted by Gasteiger charge is 2.15. The van der Waals surface area contributed by atoms with Gasteiger partial charge in [0.25, 0.3) is 5.56 Å². The Kier molecular flexibility index (Phi) is 2.21. The summed E-state index contributed by atoms with van der Waals surface area (Å²) < 4.78 is 2.42.